The van der Waals surface area contributed by atoms with Crippen molar-refractivity contribution < 1.29 is 14.6 Å². The molecule has 0 saturated carbocycles. The average molecular weight is 241 g/mol. The Balaban J connectivity index is 2.87. The molecule has 1 rings (SSSR count). The highest BCUT2D eigenvalue weighted by Gasteiger charge is 2.14. The minimum atomic E-state index is -0.566. The zero-order chi connectivity index (χ0) is 12.1. The van der Waals surface area contributed by atoms with E-state index in [-0.39, 0.29) is 22.2 Å². The Morgan fingerprint density at radius 2 is 2.19 bits per heavy atom. The molecule has 0 aliphatic heterocycles. The van der Waals surface area contributed by atoms with Gasteiger partial charge in [-0.1, -0.05) is 6.07 Å². The summed E-state index contributed by atoms with van der Waals surface area (Å²) in [7, 11) is 1.39. The third kappa shape index (κ3) is 2.74. The molecule has 1 aromatic rings. The normalized spacial score (nSPS) is 9.31. The summed E-state index contributed by atoms with van der Waals surface area (Å²) in [6.07, 6.45) is 0. The van der Waals surface area contributed by atoms with Gasteiger partial charge in [0.2, 0.25) is 0 Å². The number of methoxy groups -OCH3 is 1. The van der Waals surface area contributed by atoms with Gasteiger partial charge in [-0.05, 0) is 24.4 Å². The van der Waals surface area contributed by atoms with E-state index in [0.717, 1.165) is 0 Å². The van der Waals surface area contributed by atoms with Gasteiger partial charge in [0.25, 0.3) is 5.91 Å². The van der Waals surface area contributed by atoms with E-state index in [1.165, 1.54) is 19.2 Å². The molecule has 1 aromatic carbocycles. The summed E-state index contributed by atoms with van der Waals surface area (Å²) in [5.41, 5.74) is 9.68. The molecule has 1 amide bonds. The van der Waals surface area contributed by atoms with Crippen LogP contribution in [0.3, 0.4) is 0 Å². The van der Waals surface area contributed by atoms with Crippen LogP contribution in [0.1, 0.15) is 10.4 Å². The number of benzene rings is 1. The summed E-state index contributed by atoms with van der Waals surface area (Å²) >= 11 is 4.51. The lowest BCUT2D eigenvalue weighted by Crippen LogP contribution is -2.44. The first kappa shape index (κ1) is 12.1. The molecule has 0 bridgehead atoms. The molecular weight excluding hydrogens is 230 g/mol. The summed E-state index contributed by atoms with van der Waals surface area (Å²) in [6.45, 7) is 0. The van der Waals surface area contributed by atoms with Crippen molar-refractivity contribution >= 4 is 23.2 Å². The standard InChI is InChI=1S/C9H11N3O3S/c1-15-6-4-2-3-5(7(6)13)8(14)11-12-9(10)16/h2-4,13H,1H3,(H,11,14)(H3,10,12,16). The molecule has 86 valence electrons. The van der Waals surface area contributed by atoms with E-state index in [1.54, 1.807) is 6.07 Å². The van der Waals surface area contributed by atoms with Gasteiger partial charge in [-0.3, -0.25) is 15.6 Å². The zero-order valence-electron chi connectivity index (χ0n) is 8.48. The number of hydrogen-bond acceptors (Lipinski definition) is 4. The van der Waals surface area contributed by atoms with Crippen LogP contribution in [0.15, 0.2) is 18.2 Å². The fraction of sp³-hybridized carbons (Fsp3) is 0.111. The van der Waals surface area contributed by atoms with Crippen molar-refractivity contribution in [1.82, 2.24) is 10.9 Å². The Labute approximate surface area is 97.4 Å². The van der Waals surface area contributed by atoms with Gasteiger partial charge in [-0.15, -0.1) is 0 Å². The van der Waals surface area contributed by atoms with E-state index in [0.29, 0.717) is 0 Å². The predicted molar refractivity (Wildman–Crippen MR) is 62.0 cm³/mol. The van der Waals surface area contributed by atoms with Gasteiger partial charge in [0.05, 0.1) is 12.7 Å². The highest BCUT2D eigenvalue weighted by molar-refractivity contribution is 7.80. The summed E-state index contributed by atoms with van der Waals surface area (Å²) in [5, 5.41) is 9.57. The Hall–Kier alpha value is -2.02. The molecule has 16 heavy (non-hydrogen) atoms. The lowest BCUT2D eigenvalue weighted by molar-refractivity contribution is 0.0940. The first-order valence-corrected chi connectivity index (χ1v) is 4.69. The number of phenols is 1. The molecular formula is C9H11N3O3S. The molecule has 0 saturated heterocycles. The Bertz CT molecular complexity index is 422. The van der Waals surface area contributed by atoms with E-state index >= 15 is 0 Å². The number of carbonyl (C=O) groups is 1. The number of para-hydroxylation sites is 1. The maximum absolute atomic E-state index is 11.5. The van der Waals surface area contributed by atoms with E-state index in [4.69, 9.17) is 10.5 Å². The highest BCUT2D eigenvalue weighted by atomic mass is 32.1. The van der Waals surface area contributed by atoms with Gasteiger partial charge in [-0.25, -0.2) is 0 Å². The maximum Gasteiger partial charge on any atom is 0.273 e. The monoisotopic (exact) mass is 241 g/mol. The van der Waals surface area contributed by atoms with Crippen molar-refractivity contribution in [2.75, 3.05) is 7.11 Å². The summed E-state index contributed by atoms with van der Waals surface area (Å²) in [6, 6.07) is 4.55. The van der Waals surface area contributed by atoms with Crippen LogP contribution in [0.5, 0.6) is 11.5 Å². The number of amides is 1. The number of ether oxygens (including phenoxy) is 1. The van der Waals surface area contributed by atoms with Crippen LogP contribution in [0, 0.1) is 0 Å². The van der Waals surface area contributed by atoms with Gasteiger partial charge in [0.15, 0.2) is 16.6 Å². The van der Waals surface area contributed by atoms with Crippen molar-refractivity contribution in [3.8, 4) is 11.5 Å². The number of phenolic OH excluding ortho intramolecular Hbond substituents is 1. The molecule has 6 nitrogen and oxygen atoms in total. The van der Waals surface area contributed by atoms with E-state index in [2.05, 4.69) is 23.1 Å². The van der Waals surface area contributed by atoms with Crippen LogP contribution in [0.25, 0.3) is 0 Å². The lowest BCUT2D eigenvalue weighted by Gasteiger charge is -2.09. The smallest absolute Gasteiger partial charge is 0.273 e. The predicted octanol–water partition coefficient (Wildman–Crippen LogP) is -0.121. The first-order chi connectivity index (χ1) is 7.56. The molecule has 0 aliphatic rings. The Kier molecular flexibility index (Phi) is 3.90. The van der Waals surface area contributed by atoms with Gasteiger partial charge < -0.3 is 15.6 Å². The summed E-state index contributed by atoms with van der Waals surface area (Å²) in [5.74, 6) is -0.598. The van der Waals surface area contributed by atoms with Crippen molar-refractivity contribution in [3.63, 3.8) is 0 Å². The summed E-state index contributed by atoms with van der Waals surface area (Å²) in [4.78, 5) is 11.5. The Morgan fingerprint density at radius 3 is 2.75 bits per heavy atom. The minimum absolute atomic E-state index is 0.0584. The number of carbonyl (C=O) groups excluding carboxylic acids is 1. The van der Waals surface area contributed by atoms with Crippen LogP contribution in [0.4, 0.5) is 0 Å². The molecule has 0 unspecified atom stereocenters. The molecule has 0 aliphatic carbocycles. The molecule has 7 heteroatoms. The van der Waals surface area contributed by atoms with Crippen molar-refractivity contribution in [3.05, 3.63) is 23.8 Å². The third-order valence-electron chi connectivity index (χ3n) is 1.76. The van der Waals surface area contributed by atoms with Crippen molar-refractivity contribution in [1.29, 1.82) is 0 Å². The zero-order valence-corrected chi connectivity index (χ0v) is 9.30. The first-order valence-electron chi connectivity index (χ1n) is 4.28. The lowest BCUT2D eigenvalue weighted by atomic mass is 10.2. The van der Waals surface area contributed by atoms with Crippen LogP contribution < -0.4 is 21.3 Å². The fourth-order valence-corrected chi connectivity index (χ4v) is 1.11. The van der Waals surface area contributed by atoms with Gasteiger partial charge in [0.1, 0.15) is 0 Å². The molecule has 0 radical (unpaired) electrons. The van der Waals surface area contributed by atoms with Gasteiger partial charge in [0, 0.05) is 0 Å². The molecule has 0 atom stereocenters. The number of hydrazine groups is 1. The number of nitrogens with two attached hydrogens (primary N) is 1. The highest BCUT2D eigenvalue weighted by Crippen LogP contribution is 2.28. The second-order valence-corrected chi connectivity index (χ2v) is 3.24. The van der Waals surface area contributed by atoms with Gasteiger partial charge in [-0.2, -0.15) is 0 Å². The fourth-order valence-electron chi connectivity index (χ4n) is 1.06. The van der Waals surface area contributed by atoms with Crippen LogP contribution in [0.2, 0.25) is 0 Å². The second-order valence-electron chi connectivity index (χ2n) is 2.80. The van der Waals surface area contributed by atoms with Crippen molar-refractivity contribution in [2.24, 2.45) is 5.73 Å². The number of rotatable bonds is 2. The van der Waals surface area contributed by atoms with E-state index in [1.807, 2.05) is 0 Å². The number of thiocarbonyl (C=S) groups is 1. The average Bonchev–Trinajstić information content (AvgIpc) is 2.26. The SMILES string of the molecule is COc1cccc(C(=O)NNC(N)=S)c1O. The summed E-state index contributed by atoms with van der Waals surface area (Å²) < 4.78 is 4.86. The Morgan fingerprint density at radius 1 is 1.50 bits per heavy atom. The molecule has 5 N–H and O–H groups in total. The van der Waals surface area contributed by atoms with Crippen molar-refractivity contribution in [2.45, 2.75) is 0 Å². The molecule has 0 spiro atoms. The molecule has 0 aromatic heterocycles. The largest absolute Gasteiger partial charge is 0.504 e. The maximum atomic E-state index is 11.5. The second kappa shape index (κ2) is 5.17. The number of aromatic hydroxyl groups is 1. The topological polar surface area (TPSA) is 96.6 Å². The molecule has 0 heterocycles. The van der Waals surface area contributed by atoms with Crippen LogP contribution in [-0.2, 0) is 0 Å². The third-order valence-corrected chi connectivity index (χ3v) is 1.86. The minimum Gasteiger partial charge on any atom is -0.504 e. The quantitative estimate of drug-likeness (QED) is 0.426. The number of nitrogens with one attached hydrogen (secondary N) is 2. The van der Waals surface area contributed by atoms with Gasteiger partial charge >= 0.3 is 0 Å². The van der Waals surface area contributed by atoms with Crippen LogP contribution >= 0.6 is 12.2 Å². The van der Waals surface area contributed by atoms with E-state index < -0.39 is 5.91 Å². The molecule has 0 fully saturated rings. The number of hydrogen-bond donors (Lipinski definition) is 4. The van der Waals surface area contributed by atoms with Crippen LogP contribution in [-0.4, -0.2) is 23.2 Å². The van der Waals surface area contributed by atoms with E-state index in [9.17, 15) is 9.90 Å².